The third-order valence-corrected chi connectivity index (χ3v) is 8.63. The number of amides is 4. The second-order valence-electron chi connectivity index (χ2n) is 11.3. The Balaban J connectivity index is 0.913. The number of hydrogen-bond donors (Lipinski definition) is 2. The molecule has 11 heteroatoms. The monoisotopic (exact) mass is 575 g/mol. The molecule has 2 aromatic carbocycles. The lowest BCUT2D eigenvalue weighted by atomic mass is 9.75. The lowest BCUT2D eigenvalue weighted by Gasteiger charge is -2.37. The first-order valence-electron chi connectivity index (χ1n) is 14.4. The number of nitrogens with zero attached hydrogens (tertiary/aromatic N) is 5. The minimum atomic E-state index is -0.975. The largest absolute Gasteiger partial charge is 0.385 e. The van der Waals surface area contributed by atoms with E-state index >= 15 is 0 Å². The van der Waals surface area contributed by atoms with Crippen LogP contribution in [-0.4, -0.2) is 60.9 Å². The van der Waals surface area contributed by atoms with Crippen molar-refractivity contribution in [2.24, 2.45) is 5.92 Å². The van der Waals surface area contributed by atoms with Crippen LogP contribution in [0.25, 0.3) is 22.3 Å². The standard InChI is InChI=1S/C32H29N7O4/c1-18(19-12-22(13-19)38-17-20(15-35-38)27-16-34-25-4-2-3-5-26(25)36-27)10-11-33-21-6-7-23-24(14-21)32(43)39(31(23)42)28-8-9-29(40)37-30(28)41/h2-7,14-17,19,22,28,33H,1,8-13H2,(H,37,40,41). The highest BCUT2D eigenvalue weighted by Gasteiger charge is 2.44. The molecule has 0 spiro atoms. The van der Waals surface area contributed by atoms with Crippen LogP contribution in [0, 0.1) is 5.92 Å². The Morgan fingerprint density at radius 3 is 2.60 bits per heavy atom. The van der Waals surface area contributed by atoms with Crippen molar-refractivity contribution in [1.82, 2.24) is 30.0 Å². The van der Waals surface area contributed by atoms with Gasteiger partial charge in [-0.05, 0) is 61.9 Å². The van der Waals surface area contributed by atoms with Crippen molar-refractivity contribution in [1.29, 1.82) is 0 Å². The summed E-state index contributed by atoms with van der Waals surface area (Å²) in [5.74, 6) is -1.64. The van der Waals surface area contributed by atoms with Crippen molar-refractivity contribution < 1.29 is 19.2 Å². The van der Waals surface area contributed by atoms with Crippen LogP contribution >= 0.6 is 0 Å². The first kappa shape index (κ1) is 26.7. The van der Waals surface area contributed by atoms with Crippen LogP contribution in [-0.2, 0) is 9.59 Å². The first-order chi connectivity index (χ1) is 20.9. The molecule has 1 aliphatic carbocycles. The third kappa shape index (κ3) is 4.86. The van der Waals surface area contributed by atoms with Gasteiger partial charge < -0.3 is 5.32 Å². The van der Waals surface area contributed by atoms with Crippen LogP contribution < -0.4 is 10.6 Å². The van der Waals surface area contributed by atoms with Gasteiger partial charge >= 0.3 is 0 Å². The zero-order valence-corrected chi connectivity index (χ0v) is 23.3. The molecule has 1 atom stereocenters. The molecule has 216 valence electrons. The van der Waals surface area contributed by atoms with Crippen LogP contribution in [0.2, 0.25) is 0 Å². The summed E-state index contributed by atoms with van der Waals surface area (Å²) >= 11 is 0. The molecule has 1 saturated heterocycles. The Morgan fingerprint density at radius 2 is 1.79 bits per heavy atom. The molecule has 2 fully saturated rings. The molecular weight excluding hydrogens is 546 g/mol. The van der Waals surface area contributed by atoms with E-state index < -0.39 is 29.7 Å². The number of nitrogens with one attached hydrogen (secondary N) is 2. The predicted octanol–water partition coefficient (Wildman–Crippen LogP) is 3.90. The summed E-state index contributed by atoms with van der Waals surface area (Å²) < 4.78 is 2.01. The van der Waals surface area contributed by atoms with Gasteiger partial charge in [0.05, 0.1) is 46.3 Å². The quantitative estimate of drug-likeness (QED) is 0.238. The van der Waals surface area contributed by atoms with Crippen LogP contribution in [0.5, 0.6) is 0 Å². The van der Waals surface area contributed by atoms with Crippen LogP contribution in [0.3, 0.4) is 0 Å². The zero-order valence-electron chi connectivity index (χ0n) is 23.3. The highest BCUT2D eigenvalue weighted by Crippen LogP contribution is 2.42. The molecular formula is C32H29N7O4. The molecule has 1 saturated carbocycles. The number of hydrogen-bond acceptors (Lipinski definition) is 8. The lowest BCUT2D eigenvalue weighted by molar-refractivity contribution is -0.136. The van der Waals surface area contributed by atoms with Crippen molar-refractivity contribution in [3.05, 3.63) is 84.3 Å². The number of piperidine rings is 1. The average molecular weight is 576 g/mol. The van der Waals surface area contributed by atoms with E-state index in [1.807, 2.05) is 41.3 Å². The van der Waals surface area contributed by atoms with Gasteiger partial charge in [0, 0.05) is 30.4 Å². The van der Waals surface area contributed by atoms with Crippen LogP contribution in [0.1, 0.15) is 58.9 Å². The van der Waals surface area contributed by atoms with Gasteiger partial charge in [0.1, 0.15) is 6.04 Å². The summed E-state index contributed by atoms with van der Waals surface area (Å²) in [6.45, 7) is 4.95. The summed E-state index contributed by atoms with van der Waals surface area (Å²) in [6.07, 6.45) is 8.57. The zero-order chi connectivity index (χ0) is 29.7. The van der Waals surface area contributed by atoms with Gasteiger partial charge in [-0.15, -0.1) is 0 Å². The van der Waals surface area contributed by atoms with E-state index in [1.165, 1.54) is 0 Å². The lowest BCUT2D eigenvalue weighted by Crippen LogP contribution is -2.54. The number of fused-ring (bicyclic) bond motifs is 2. The van der Waals surface area contributed by atoms with Crippen molar-refractivity contribution >= 4 is 40.3 Å². The first-order valence-corrected chi connectivity index (χ1v) is 14.4. The topological polar surface area (TPSA) is 139 Å². The number of rotatable bonds is 8. The SMILES string of the molecule is C=C(CCNc1ccc2c(c1)C(=O)N(C1CCC(=O)NC1=O)C2=O)C1CC(n2cc(-c3cnc4ccccc4n3)cn2)C1. The molecule has 11 nitrogen and oxygen atoms in total. The maximum Gasteiger partial charge on any atom is 0.262 e. The van der Waals surface area contributed by atoms with Gasteiger partial charge in [-0.25, -0.2) is 4.98 Å². The normalized spacial score (nSPS) is 21.5. The highest BCUT2D eigenvalue weighted by atomic mass is 16.2. The van der Waals surface area contributed by atoms with E-state index in [9.17, 15) is 19.2 Å². The number of carbonyl (C=O) groups excluding carboxylic acids is 4. The van der Waals surface area contributed by atoms with Gasteiger partial charge in [-0.3, -0.25) is 39.1 Å². The number of para-hydroxylation sites is 2. The summed E-state index contributed by atoms with van der Waals surface area (Å²) in [5, 5.41) is 10.1. The summed E-state index contributed by atoms with van der Waals surface area (Å²) in [7, 11) is 0. The number of aromatic nitrogens is 4. The van der Waals surface area contributed by atoms with Crippen molar-refractivity contribution in [2.75, 3.05) is 11.9 Å². The molecule has 2 aliphatic heterocycles. The molecule has 2 N–H and O–H groups in total. The van der Waals surface area contributed by atoms with Crippen molar-refractivity contribution in [3.8, 4) is 11.3 Å². The number of imide groups is 2. The van der Waals surface area contributed by atoms with Gasteiger partial charge in [-0.1, -0.05) is 24.3 Å². The Kier molecular flexibility index (Phi) is 6.56. The molecule has 43 heavy (non-hydrogen) atoms. The van der Waals surface area contributed by atoms with E-state index in [0.29, 0.717) is 24.2 Å². The third-order valence-electron chi connectivity index (χ3n) is 8.63. The predicted molar refractivity (Wildman–Crippen MR) is 158 cm³/mol. The molecule has 3 aliphatic rings. The molecule has 1 unspecified atom stereocenters. The van der Waals surface area contributed by atoms with E-state index in [-0.39, 0.29) is 24.0 Å². The maximum absolute atomic E-state index is 13.1. The van der Waals surface area contributed by atoms with Crippen molar-refractivity contribution in [3.63, 3.8) is 0 Å². The molecule has 4 heterocycles. The smallest absolute Gasteiger partial charge is 0.262 e. The van der Waals surface area contributed by atoms with Crippen LogP contribution in [0.15, 0.2) is 73.2 Å². The molecule has 7 rings (SSSR count). The van der Waals surface area contributed by atoms with Gasteiger partial charge in [0.2, 0.25) is 11.8 Å². The van der Waals surface area contributed by atoms with E-state index in [1.54, 1.807) is 24.4 Å². The fraction of sp³-hybridized carbons (Fsp3) is 0.281. The van der Waals surface area contributed by atoms with E-state index in [2.05, 4.69) is 27.3 Å². The van der Waals surface area contributed by atoms with E-state index in [0.717, 1.165) is 52.0 Å². The Hall–Kier alpha value is -5.19. The Labute approximate surface area is 247 Å². The molecule has 0 radical (unpaired) electrons. The van der Waals surface area contributed by atoms with Gasteiger partial charge in [0.25, 0.3) is 11.8 Å². The minimum absolute atomic E-state index is 0.0890. The fourth-order valence-electron chi connectivity index (χ4n) is 6.06. The number of benzene rings is 2. The Bertz CT molecular complexity index is 1820. The second-order valence-corrected chi connectivity index (χ2v) is 11.3. The molecule has 0 bridgehead atoms. The van der Waals surface area contributed by atoms with E-state index in [4.69, 9.17) is 4.98 Å². The van der Waals surface area contributed by atoms with Crippen molar-refractivity contribution in [2.45, 2.75) is 44.2 Å². The van der Waals surface area contributed by atoms with Crippen LogP contribution in [0.4, 0.5) is 5.69 Å². The fourth-order valence-corrected chi connectivity index (χ4v) is 6.06. The Morgan fingerprint density at radius 1 is 1.00 bits per heavy atom. The van der Waals surface area contributed by atoms with Gasteiger partial charge in [0.15, 0.2) is 0 Å². The highest BCUT2D eigenvalue weighted by molar-refractivity contribution is 6.23. The molecule has 4 aromatic rings. The summed E-state index contributed by atoms with van der Waals surface area (Å²) in [5.41, 5.74) is 5.86. The minimum Gasteiger partial charge on any atom is -0.385 e. The number of carbonyl (C=O) groups is 4. The summed E-state index contributed by atoms with van der Waals surface area (Å²) in [6, 6.07) is 12.2. The summed E-state index contributed by atoms with van der Waals surface area (Å²) in [4.78, 5) is 60.0. The average Bonchev–Trinajstić information content (AvgIpc) is 3.55. The van der Waals surface area contributed by atoms with Gasteiger partial charge in [-0.2, -0.15) is 5.10 Å². The number of anilines is 1. The molecule has 2 aromatic heterocycles. The maximum atomic E-state index is 13.1. The molecule has 4 amide bonds. The second kappa shape index (κ2) is 10.6.